The summed E-state index contributed by atoms with van der Waals surface area (Å²) >= 11 is 5.70. The number of hydrogen-bond acceptors (Lipinski definition) is 6. The first-order valence-corrected chi connectivity index (χ1v) is 8.41. The number of amides is 1. The normalized spacial score (nSPS) is 11.0. The van der Waals surface area contributed by atoms with Crippen LogP contribution in [0.5, 0.6) is 11.5 Å². The first-order valence-electron chi connectivity index (χ1n) is 8.03. The van der Waals surface area contributed by atoms with Gasteiger partial charge in [0.25, 0.3) is 5.91 Å². The van der Waals surface area contributed by atoms with Crippen molar-refractivity contribution >= 4 is 29.3 Å². The first-order chi connectivity index (χ1) is 13.6. The van der Waals surface area contributed by atoms with Crippen LogP contribution in [0.1, 0.15) is 11.1 Å². The molecule has 1 heterocycles. The molecule has 0 bridgehead atoms. The van der Waals surface area contributed by atoms with Gasteiger partial charge in [0.05, 0.1) is 31.2 Å². The molecule has 0 saturated heterocycles. The Kier molecular flexibility index (Phi) is 7.27. The van der Waals surface area contributed by atoms with Crippen molar-refractivity contribution in [3.63, 3.8) is 0 Å². The Bertz CT molecular complexity index is 906. The highest BCUT2D eigenvalue weighted by atomic mass is 35.5. The van der Waals surface area contributed by atoms with Crippen molar-refractivity contribution in [2.24, 2.45) is 0 Å². The lowest BCUT2D eigenvalue weighted by Gasteiger charge is -2.11. The second-order valence-corrected chi connectivity index (χ2v) is 6.03. The molecule has 0 atom stereocenters. The van der Waals surface area contributed by atoms with Gasteiger partial charge >= 0.3 is 12.1 Å². The molecule has 0 aliphatic carbocycles. The van der Waals surface area contributed by atoms with Crippen LogP contribution in [0.2, 0.25) is 5.02 Å². The average molecular weight is 433 g/mol. The second-order valence-electron chi connectivity index (χ2n) is 5.63. The van der Waals surface area contributed by atoms with Crippen molar-refractivity contribution in [2.45, 2.75) is 12.6 Å². The molecule has 0 radical (unpaired) electrons. The number of carbonyl (C=O) groups excluding carboxylic acids is 2. The molecule has 0 spiro atoms. The lowest BCUT2D eigenvalue weighted by atomic mass is 10.1. The molecular formula is C18H16ClF3N2O5. The number of anilines is 1. The summed E-state index contributed by atoms with van der Waals surface area (Å²) in [5.41, 5.74) is -0.484. The van der Waals surface area contributed by atoms with E-state index in [1.54, 1.807) is 18.2 Å². The lowest BCUT2D eigenvalue weighted by Crippen LogP contribution is -2.22. The third-order valence-electron chi connectivity index (χ3n) is 3.59. The Labute approximate surface area is 168 Å². The van der Waals surface area contributed by atoms with Crippen LogP contribution in [0.25, 0.3) is 0 Å². The maximum absolute atomic E-state index is 12.6. The number of nitrogens with zero attached hydrogens (tertiary/aromatic N) is 1. The molecule has 2 aromatic rings. The van der Waals surface area contributed by atoms with Gasteiger partial charge in [-0.1, -0.05) is 17.7 Å². The van der Waals surface area contributed by atoms with Crippen molar-refractivity contribution in [2.75, 3.05) is 26.1 Å². The van der Waals surface area contributed by atoms with Crippen LogP contribution >= 0.6 is 11.6 Å². The number of pyridine rings is 1. The summed E-state index contributed by atoms with van der Waals surface area (Å²) in [7, 11) is 2.92. The quantitative estimate of drug-likeness (QED) is 0.674. The first kappa shape index (κ1) is 22.3. The van der Waals surface area contributed by atoms with Gasteiger partial charge < -0.3 is 19.5 Å². The zero-order valence-corrected chi connectivity index (χ0v) is 16.1. The van der Waals surface area contributed by atoms with Gasteiger partial charge in [0, 0.05) is 6.20 Å². The van der Waals surface area contributed by atoms with Crippen LogP contribution in [-0.2, 0) is 26.9 Å². The summed E-state index contributed by atoms with van der Waals surface area (Å²) < 4.78 is 52.8. The van der Waals surface area contributed by atoms with Crippen molar-refractivity contribution in [1.29, 1.82) is 0 Å². The van der Waals surface area contributed by atoms with E-state index in [1.807, 2.05) is 0 Å². The van der Waals surface area contributed by atoms with Crippen LogP contribution in [0.3, 0.4) is 0 Å². The molecule has 0 fully saturated rings. The Hall–Kier alpha value is -3.01. The van der Waals surface area contributed by atoms with Crippen molar-refractivity contribution in [3.8, 4) is 11.5 Å². The third kappa shape index (κ3) is 6.24. The average Bonchev–Trinajstić information content (AvgIpc) is 2.67. The van der Waals surface area contributed by atoms with E-state index in [9.17, 15) is 22.8 Å². The van der Waals surface area contributed by atoms with Crippen LogP contribution in [0.4, 0.5) is 19.0 Å². The van der Waals surface area contributed by atoms with Crippen LogP contribution in [-0.4, -0.2) is 37.7 Å². The number of methoxy groups -OCH3 is 2. The Morgan fingerprint density at radius 1 is 1.14 bits per heavy atom. The molecular weight excluding hydrogens is 417 g/mol. The number of esters is 1. The lowest BCUT2D eigenvalue weighted by molar-refractivity contribution is -0.146. The van der Waals surface area contributed by atoms with E-state index < -0.39 is 35.2 Å². The van der Waals surface area contributed by atoms with Gasteiger partial charge in [-0.05, 0) is 23.8 Å². The number of halogens is 4. The number of carbonyl (C=O) groups is 2. The summed E-state index contributed by atoms with van der Waals surface area (Å²) in [5.74, 6) is -0.859. The predicted octanol–water partition coefficient (Wildman–Crippen LogP) is 3.50. The van der Waals surface area contributed by atoms with Crippen LogP contribution in [0, 0.1) is 0 Å². The minimum absolute atomic E-state index is 0.132. The van der Waals surface area contributed by atoms with E-state index in [0.717, 1.165) is 0 Å². The second kappa shape index (κ2) is 9.46. The van der Waals surface area contributed by atoms with Gasteiger partial charge in [0.15, 0.2) is 23.9 Å². The van der Waals surface area contributed by atoms with Crippen molar-refractivity contribution < 1.29 is 37.0 Å². The van der Waals surface area contributed by atoms with Crippen molar-refractivity contribution in [3.05, 3.63) is 46.6 Å². The Balaban J connectivity index is 1.90. The molecule has 1 aromatic carbocycles. The maximum Gasteiger partial charge on any atom is 0.417 e. The van der Waals surface area contributed by atoms with Gasteiger partial charge in [0.1, 0.15) is 0 Å². The summed E-state index contributed by atoms with van der Waals surface area (Å²) in [5, 5.41) is 1.78. The number of rotatable bonds is 7. The molecule has 1 N–H and O–H groups in total. The molecule has 156 valence electrons. The molecule has 0 aliphatic heterocycles. The standard InChI is InChI=1S/C18H16ClF3N2O5/c1-27-13-4-3-10(5-14(13)28-2)6-16(26)29-9-15(25)24-17-12(19)7-11(8-23-17)18(20,21)22/h3-5,7-8H,6,9H2,1-2H3,(H,23,24,25). The monoisotopic (exact) mass is 432 g/mol. The zero-order valence-electron chi connectivity index (χ0n) is 15.3. The minimum Gasteiger partial charge on any atom is -0.493 e. The minimum atomic E-state index is -4.61. The fourth-order valence-corrected chi connectivity index (χ4v) is 2.42. The summed E-state index contributed by atoms with van der Waals surface area (Å²) in [4.78, 5) is 27.2. The fraction of sp³-hybridized carbons (Fsp3) is 0.278. The highest BCUT2D eigenvalue weighted by Gasteiger charge is 2.31. The topological polar surface area (TPSA) is 86.8 Å². The number of ether oxygens (including phenoxy) is 3. The van der Waals surface area contributed by atoms with E-state index in [0.29, 0.717) is 29.3 Å². The van der Waals surface area contributed by atoms with E-state index in [4.69, 9.17) is 25.8 Å². The number of hydrogen-bond donors (Lipinski definition) is 1. The smallest absolute Gasteiger partial charge is 0.417 e. The fourth-order valence-electron chi connectivity index (χ4n) is 2.21. The molecule has 0 aliphatic rings. The van der Waals surface area contributed by atoms with Gasteiger partial charge in [-0.3, -0.25) is 9.59 Å². The predicted molar refractivity (Wildman–Crippen MR) is 97.1 cm³/mol. The van der Waals surface area contributed by atoms with E-state index in [-0.39, 0.29) is 12.2 Å². The third-order valence-corrected chi connectivity index (χ3v) is 3.88. The molecule has 11 heteroatoms. The number of aromatic nitrogens is 1. The molecule has 1 amide bonds. The maximum atomic E-state index is 12.6. The van der Waals surface area contributed by atoms with Crippen molar-refractivity contribution in [1.82, 2.24) is 4.98 Å². The van der Waals surface area contributed by atoms with E-state index >= 15 is 0 Å². The van der Waals surface area contributed by atoms with Gasteiger partial charge in [0.2, 0.25) is 0 Å². The molecule has 0 unspecified atom stereocenters. The zero-order chi connectivity index (χ0) is 21.6. The largest absolute Gasteiger partial charge is 0.493 e. The summed E-state index contributed by atoms with van der Waals surface area (Å²) in [6.45, 7) is -0.662. The molecule has 2 rings (SSSR count). The molecule has 0 saturated carbocycles. The van der Waals surface area contributed by atoms with Gasteiger partial charge in [-0.15, -0.1) is 0 Å². The molecule has 7 nitrogen and oxygen atoms in total. The van der Waals surface area contributed by atoms with Gasteiger partial charge in [-0.2, -0.15) is 13.2 Å². The van der Waals surface area contributed by atoms with E-state index in [2.05, 4.69) is 10.3 Å². The van der Waals surface area contributed by atoms with Gasteiger partial charge in [-0.25, -0.2) is 4.98 Å². The van der Waals surface area contributed by atoms with E-state index in [1.165, 1.54) is 14.2 Å². The SMILES string of the molecule is COc1ccc(CC(=O)OCC(=O)Nc2ncc(C(F)(F)F)cc2Cl)cc1OC. The summed E-state index contributed by atoms with van der Waals surface area (Å²) in [6.07, 6.45) is -4.21. The molecule has 29 heavy (non-hydrogen) atoms. The highest BCUT2D eigenvalue weighted by molar-refractivity contribution is 6.33. The Morgan fingerprint density at radius 2 is 1.83 bits per heavy atom. The molecule has 1 aromatic heterocycles. The van der Waals surface area contributed by atoms with Crippen LogP contribution < -0.4 is 14.8 Å². The highest BCUT2D eigenvalue weighted by Crippen LogP contribution is 2.32. The number of nitrogens with one attached hydrogen (secondary N) is 1. The summed E-state index contributed by atoms with van der Waals surface area (Å²) in [6, 6.07) is 5.47. The van der Waals surface area contributed by atoms with Crippen LogP contribution in [0.15, 0.2) is 30.5 Å². The Morgan fingerprint density at radius 3 is 2.41 bits per heavy atom. The number of alkyl halides is 3. The number of benzene rings is 1.